The van der Waals surface area contributed by atoms with Gasteiger partial charge in [-0.3, -0.25) is 9.97 Å². The first-order valence-electron chi connectivity index (χ1n) is 9.22. The molecule has 8 heteroatoms. The maximum Gasteiger partial charge on any atom is 0.157 e. The summed E-state index contributed by atoms with van der Waals surface area (Å²) in [6, 6.07) is 2.72. The third kappa shape index (κ3) is 3.22. The van der Waals surface area contributed by atoms with E-state index in [4.69, 9.17) is 15.2 Å². The molecule has 3 aromatic rings. The minimum Gasteiger partial charge on any atom is -0.488 e. The lowest BCUT2D eigenvalue weighted by Crippen LogP contribution is -2.56. The van der Waals surface area contributed by atoms with Crippen LogP contribution in [0.5, 0.6) is 5.75 Å². The quantitative estimate of drug-likeness (QED) is 0.726. The van der Waals surface area contributed by atoms with Crippen molar-refractivity contribution in [2.45, 2.75) is 38.0 Å². The Bertz CT molecular complexity index is 975. The number of nitrogen functional groups attached to an aromatic ring is 1. The number of ether oxygens (including phenoxy) is 2. The molecule has 27 heavy (non-hydrogen) atoms. The Labute approximate surface area is 156 Å². The van der Waals surface area contributed by atoms with Crippen molar-refractivity contribution in [2.75, 3.05) is 18.9 Å². The van der Waals surface area contributed by atoms with E-state index < -0.39 is 0 Å². The van der Waals surface area contributed by atoms with Crippen molar-refractivity contribution in [3.8, 4) is 17.0 Å². The highest BCUT2D eigenvalue weighted by Gasteiger charge is 2.33. The van der Waals surface area contributed by atoms with Crippen LogP contribution < -0.4 is 15.8 Å². The van der Waals surface area contributed by atoms with Gasteiger partial charge in [0, 0.05) is 42.4 Å². The molecular weight excluding hydrogens is 344 g/mol. The monoisotopic (exact) mass is 366 g/mol. The van der Waals surface area contributed by atoms with E-state index >= 15 is 0 Å². The number of nitrogens with one attached hydrogen (secondary N) is 1. The zero-order valence-corrected chi connectivity index (χ0v) is 15.1. The van der Waals surface area contributed by atoms with E-state index in [2.05, 4.69) is 20.3 Å². The van der Waals surface area contributed by atoms with Gasteiger partial charge in [-0.2, -0.15) is 0 Å². The van der Waals surface area contributed by atoms with Gasteiger partial charge in [-0.05, 0) is 13.0 Å². The van der Waals surface area contributed by atoms with Gasteiger partial charge in [0.1, 0.15) is 17.7 Å². The molecule has 2 aliphatic rings. The van der Waals surface area contributed by atoms with E-state index in [-0.39, 0.29) is 6.10 Å². The molecule has 0 aromatic carbocycles. The van der Waals surface area contributed by atoms with Crippen LogP contribution in [0.2, 0.25) is 0 Å². The molecule has 140 valence electrons. The molecule has 0 radical (unpaired) electrons. The molecular formula is C19H22N6O2. The molecule has 3 aromatic heterocycles. The number of aromatic nitrogens is 4. The Balaban J connectivity index is 1.47. The molecule has 3 atom stereocenters. The number of anilines is 1. The van der Waals surface area contributed by atoms with E-state index in [0.717, 1.165) is 54.4 Å². The molecule has 1 unspecified atom stereocenters. The van der Waals surface area contributed by atoms with Crippen molar-refractivity contribution in [1.29, 1.82) is 0 Å². The smallest absolute Gasteiger partial charge is 0.157 e. The van der Waals surface area contributed by atoms with Gasteiger partial charge in [-0.25, -0.2) is 4.98 Å². The molecule has 2 fully saturated rings. The van der Waals surface area contributed by atoms with Gasteiger partial charge in [0.25, 0.3) is 0 Å². The Morgan fingerprint density at radius 2 is 2.00 bits per heavy atom. The lowest BCUT2D eigenvalue weighted by molar-refractivity contribution is -0.0122. The summed E-state index contributed by atoms with van der Waals surface area (Å²) in [4.78, 5) is 13.2. The number of hydrogen-bond donors (Lipinski definition) is 2. The Morgan fingerprint density at radius 1 is 1.19 bits per heavy atom. The van der Waals surface area contributed by atoms with Crippen LogP contribution in [0.25, 0.3) is 16.9 Å². The first-order chi connectivity index (χ1) is 13.1. The second-order valence-corrected chi connectivity index (χ2v) is 7.33. The van der Waals surface area contributed by atoms with E-state index in [9.17, 15) is 0 Å². The number of nitrogens with two attached hydrogens (primary N) is 1. The van der Waals surface area contributed by atoms with Crippen LogP contribution in [-0.2, 0) is 4.74 Å². The number of nitrogens with zero attached hydrogens (tertiary/aromatic N) is 4. The van der Waals surface area contributed by atoms with Gasteiger partial charge in [-0.15, -0.1) is 0 Å². The lowest BCUT2D eigenvalue weighted by atomic mass is 9.94. The number of imidazole rings is 1. The van der Waals surface area contributed by atoms with Gasteiger partial charge in [0.05, 0.1) is 37.5 Å². The number of hydrogen-bond acceptors (Lipinski definition) is 7. The largest absolute Gasteiger partial charge is 0.488 e. The van der Waals surface area contributed by atoms with Gasteiger partial charge < -0.3 is 24.9 Å². The van der Waals surface area contributed by atoms with Gasteiger partial charge in [-0.1, -0.05) is 0 Å². The van der Waals surface area contributed by atoms with Crippen molar-refractivity contribution >= 4 is 11.5 Å². The second-order valence-electron chi connectivity index (χ2n) is 7.33. The molecule has 0 amide bonds. The fraction of sp³-hybridized carbons (Fsp3) is 0.421. The number of pyridine rings is 1. The number of fused-ring (bicyclic) bond motifs is 3. The number of rotatable bonds is 3. The van der Waals surface area contributed by atoms with E-state index in [1.807, 2.05) is 23.6 Å². The molecule has 2 bridgehead atoms. The molecule has 2 saturated heterocycles. The summed E-state index contributed by atoms with van der Waals surface area (Å²) in [5.41, 5.74) is 9.16. The summed E-state index contributed by atoms with van der Waals surface area (Å²) >= 11 is 0. The van der Waals surface area contributed by atoms with Crippen molar-refractivity contribution in [2.24, 2.45) is 0 Å². The van der Waals surface area contributed by atoms with Gasteiger partial charge >= 0.3 is 0 Å². The second kappa shape index (κ2) is 6.47. The fourth-order valence-corrected chi connectivity index (χ4v) is 3.96. The fourth-order valence-electron chi connectivity index (χ4n) is 3.96. The number of morpholine rings is 1. The molecule has 5 rings (SSSR count). The summed E-state index contributed by atoms with van der Waals surface area (Å²) in [6.45, 7) is 3.46. The minimum absolute atomic E-state index is 0.140. The molecule has 3 N–H and O–H groups in total. The van der Waals surface area contributed by atoms with Gasteiger partial charge in [0.15, 0.2) is 5.65 Å². The summed E-state index contributed by atoms with van der Waals surface area (Å²) in [6.07, 6.45) is 9.21. The minimum atomic E-state index is 0.140. The van der Waals surface area contributed by atoms with Crippen molar-refractivity contribution in [1.82, 2.24) is 24.7 Å². The van der Waals surface area contributed by atoms with Crippen LogP contribution in [0.3, 0.4) is 0 Å². The molecule has 8 nitrogen and oxygen atoms in total. The van der Waals surface area contributed by atoms with E-state index in [0.29, 0.717) is 17.9 Å². The molecule has 5 heterocycles. The lowest BCUT2D eigenvalue weighted by Gasteiger charge is -2.40. The zero-order chi connectivity index (χ0) is 18.4. The predicted molar refractivity (Wildman–Crippen MR) is 101 cm³/mol. The molecule has 0 aliphatic carbocycles. The van der Waals surface area contributed by atoms with Crippen molar-refractivity contribution in [3.05, 3.63) is 36.5 Å². The highest BCUT2D eigenvalue weighted by molar-refractivity contribution is 5.67. The number of aryl methyl sites for hydroxylation is 1. The van der Waals surface area contributed by atoms with E-state index in [1.165, 1.54) is 0 Å². The maximum atomic E-state index is 6.40. The standard InChI is InChI=1S/C19H22N6O2/c1-11-2-15(16-7-25-8-18(20)24-19(25)6-22-16)17(5-21-11)27-14-3-12-9-26-10-13(4-14)23-12/h2,5-8,12-14,23H,3-4,9-10,20H2,1H3/t12-,13+,14?. The molecule has 2 aliphatic heterocycles. The Morgan fingerprint density at radius 3 is 2.81 bits per heavy atom. The van der Waals surface area contributed by atoms with Crippen LogP contribution in [-0.4, -0.2) is 50.8 Å². The molecule has 0 spiro atoms. The maximum absolute atomic E-state index is 6.40. The summed E-state index contributed by atoms with van der Waals surface area (Å²) in [5.74, 6) is 1.23. The highest BCUT2D eigenvalue weighted by Crippen LogP contribution is 2.32. The average Bonchev–Trinajstić information content (AvgIpc) is 3.02. The average molecular weight is 366 g/mol. The molecule has 0 saturated carbocycles. The highest BCUT2D eigenvalue weighted by atomic mass is 16.5. The van der Waals surface area contributed by atoms with E-state index in [1.54, 1.807) is 18.6 Å². The zero-order valence-electron chi connectivity index (χ0n) is 15.1. The summed E-state index contributed by atoms with van der Waals surface area (Å²) in [5, 5.41) is 3.59. The van der Waals surface area contributed by atoms with Crippen LogP contribution in [0, 0.1) is 6.92 Å². The first kappa shape index (κ1) is 16.5. The predicted octanol–water partition coefficient (Wildman–Crippen LogP) is 1.58. The SMILES string of the molecule is Cc1cc(-c2cn3cc(N)nc3cn2)c(OC2C[C@H]3COC[C@@H](C2)N3)cn1. The topological polar surface area (TPSA) is 99.6 Å². The van der Waals surface area contributed by atoms with Crippen LogP contribution >= 0.6 is 0 Å². The summed E-state index contributed by atoms with van der Waals surface area (Å²) < 4.78 is 13.9. The third-order valence-electron chi connectivity index (χ3n) is 5.14. The first-order valence-corrected chi connectivity index (χ1v) is 9.22. The summed E-state index contributed by atoms with van der Waals surface area (Å²) in [7, 11) is 0. The normalized spacial score (nSPS) is 24.9. The third-order valence-corrected chi connectivity index (χ3v) is 5.14. The van der Waals surface area contributed by atoms with Crippen molar-refractivity contribution < 1.29 is 9.47 Å². The van der Waals surface area contributed by atoms with Crippen LogP contribution in [0.4, 0.5) is 5.82 Å². The van der Waals surface area contributed by atoms with Crippen LogP contribution in [0.1, 0.15) is 18.5 Å². The van der Waals surface area contributed by atoms with Gasteiger partial charge in [0.2, 0.25) is 0 Å². The number of piperidine rings is 1. The van der Waals surface area contributed by atoms with Crippen LogP contribution in [0.15, 0.2) is 30.9 Å². The van der Waals surface area contributed by atoms with Crippen molar-refractivity contribution in [3.63, 3.8) is 0 Å². The Hall–Kier alpha value is -2.71. The Kier molecular flexibility index (Phi) is 3.95.